The summed E-state index contributed by atoms with van der Waals surface area (Å²) in [6.07, 6.45) is 7.99. The van der Waals surface area contributed by atoms with Crippen molar-refractivity contribution >= 4 is 5.69 Å². The fourth-order valence-corrected chi connectivity index (χ4v) is 3.89. The van der Waals surface area contributed by atoms with Crippen molar-refractivity contribution < 1.29 is 0 Å². The van der Waals surface area contributed by atoms with E-state index in [0.29, 0.717) is 0 Å². The second kappa shape index (κ2) is 6.62. The standard InChI is InChI=1S/C18H28N2/c1-2-8-16-9-3-4-11-18(16)20-14-7-13-19-12-6-5-10-17(19)15-20/h3-4,9,11,17H,2,5-8,10,12-15H2,1H3. The lowest BCUT2D eigenvalue weighted by atomic mass is 10.0. The van der Waals surface area contributed by atoms with Crippen molar-refractivity contribution in [1.82, 2.24) is 4.90 Å². The first-order valence-electron chi connectivity index (χ1n) is 8.45. The first-order valence-corrected chi connectivity index (χ1v) is 8.45. The van der Waals surface area contributed by atoms with Crippen molar-refractivity contribution in [2.75, 3.05) is 31.1 Å². The third-order valence-corrected chi connectivity index (χ3v) is 4.91. The Labute approximate surface area is 123 Å². The maximum absolute atomic E-state index is 2.74. The van der Waals surface area contributed by atoms with Gasteiger partial charge in [0.05, 0.1) is 0 Å². The highest BCUT2D eigenvalue weighted by Crippen LogP contribution is 2.27. The zero-order chi connectivity index (χ0) is 13.8. The molecule has 2 aliphatic heterocycles. The summed E-state index contributed by atoms with van der Waals surface area (Å²) < 4.78 is 0. The predicted octanol–water partition coefficient (Wildman–Crippen LogP) is 3.70. The second-order valence-corrected chi connectivity index (χ2v) is 6.36. The molecule has 0 saturated carbocycles. The van der Waals surface area contributed by atoms with Crippen LogP contribution in [0.5, 0.6) is 0 Å². The summed E-state index contributed by atoms with van der Waals surface area (Å²) in [5.74, 6) is 0. The summed E-state index contributed by atoms with van der Waals surface area (Å²) in [6.45, 7) is 7.38. The number of nitrogens with zero attached hydrogens (tertiary/aromatic N) is 2. The molecular formula is C18H28N2. The Balaban J connectivity index is 1.79. The quantitative estimate of drug-likeness (QED) is 0.828. The molecule has 1 unspecified atom stereocenters. The van der Waals surface area contributed by atoms with E-state index in [1.165, 1.54) is 70.4 Å². The van der Waals surface area contributed by atoms with Crippen LogP contribution in [0.4, 0.5) is 5.69 Å². The lowest BCUT2D eigenvalue weighted by molar-refractivity contribution is 0.162. The average molecular weight is 272 g/mol. The maximum atomic E-state index is 2.74. The van der Waals surface area contributed by atoms with Gasteiger partial charge < -0.3 is 4.90 Å². The molecule has 2 nitrogen and oxygen atoms in total. The summed E-state index contributed by atoms with van der Waals surface area (Å²) >= 11 is 0. The monoisotopic (exact) mass is 272 g/mol. The zero-order valence-corrected chi connectivity index (χ0v) is 12.9. The number of anilines is 1. The molecule has 0 radical (unpaired) electrons. The van der Waals surface area contributed by atoms with E-state index < -0.39 is 0 Å². The van der Waals surface area contributed by atoms with Crippen LogP contribution in [0.3, 0.4) is 0 Å². The van der Waals surface area contributed by atoms with E-state index in [2.05, 4.69) is 41.0 Å². The molecule has 2 fully saturated rings. The van der Waals surface area contributed by atoms with Crippen molar-refractivity contribution in [2.24, 2.45) is 0 Å². The number of para-hydroxylation sites is 1. The van der Waals surface area contributed by atoms with Gasteiger partial charge in [0.15, 0.2) is 0 Å². The van der Waals surface area contributed by atoms with Crippen molar-refractivity contribution in [3.05, 3.63) is 29.8 Å². The Morgan fingerprint density at radius 1 is 1.05 bits per heavy atom. The third-order valence-electron chi connectivity index (χ3n) is 4.91. The van der Waals surface area contributed by atoms with Crippen LogP contribution in [-0.2, 0) is 6.42 Å². The van der Waals surface area contributed by atoms with E-state index >= 15 is 0 Å². The molecule has 2 heteroatoms. The van der Waals surface area contributed by atoms with Crippen molar-refractivity contribution in [1.29, 1.82) is 0 Å². The summed E-state index contributed by atoms with van der Waals surface area (Å²) in [7, 11) is 0. The number of aryl methyl sites for hydroxylation is 1. The molecule has 2 saturated heterocycles. The van der Waals surface area contributed by atoms with Gasteiger partial charge in [-0.1, -0.05) is 38.0 Å². The highest BCUT2D eigenvalue weighted by molar-refractivity contribution is 5.54. The van der Waals surface area contributed by atoms with Crippen LogP contribution in [0.25, 0.3) is 0 Å². The van der Waals surface area contributed by atoms with E-state index in [0.717, 1.165) is 6.04 Å². The smallest absolute Gasteiger partial charge is 0.0399 e. The molecule has 3 rings (SSSR count). The highest BCUT2D eigenvalue weighted by atomic mass is 15.2. The van der Waals surface area contributed by atoms with Crippen LogP contribution >= 0.6 is 0 Å². The summed E-state index contributed by atoms with van der Waals surface area (Å²) in [6, 6.07) is 9.85. The number of rotatable bonds is 3. The SMILES string of the molecule is CCCc1ccccc1N1CCCN2CCCCC2C1. The molecule has 1 atom stereocenters. The highest BCUT2D eigenvalue weighted by Gasteiger charge is 2.27. The van der Waals surface area contributed by atoms with Crippen LogP contribution in [-0.4, -0.2) is 37.1 Å². The molecule has 20 heavy (non-hydrogen) atoms. The van der Waals surface area contributed by atoms with Gasteiger partial charge in [0.1, 0.15) is 0 Å². The lowest BCUT2D eigenvalue weighted by Crippen LogP contribution is -2.44. The molecule has 0 aliphatic carbocycles. The number of fused-ring (bicyclic) bond motifs is 1. The fourth-order valence-electron chi connectivity index (χ4n) is 3.89. The number of benzene rings is 1. The minimum absolute atomic E-state index is 0.793. The van der Waals surface area contributed by atoms with Gasteiger partial charge in [0.2, 0.25) is 0 Å². The first-order chi connectivity index (χ1) is 9.88. The fraction of sp³-hybridized carbons (Fsp3) is 0.667. The van der Waals surface area contributed by atoms with Gasteiger partial charge in [-0.25, -0.2) is 0 Å². The van der Waals surface area contributed by atoms with Crippen LogP contribution in [0.2, 0.25) is 0 Å². The molecule has 110 valence electrons. The van der Waals surface area contributed by atoms with Gasteiger partial charge >= 0.3 is 0 Å². The van der Waals surface area contributed by atoms with Crippen LogP contribution < -0.4 is 4.90 Å². The molecular weight excluding hydrogens is 244 g/mol. The predicted molar refractivity (Wildman–Crippen MR) is 86.5 cm³/mol. The Morgan fingerprint density at radius 2 is 1.90 bits per heavy atom. The van der Waals surface area contributed by atoms with Crippen LogP contribution in [0.15, 0.2) is 24.3 Å². The molecule has 0 bridgehead atoms. The second-order valence-electron chi connectivity index (χ2n) is 6.36. The van der Waals surface area contributed by atoms with E-state index in [1.807, 2.05) is 0 Å². The van der Waals surface area contributed by atoms with Crippen LogP contribution in [0, 0.1) is 0 Å². The largest absolute Gasteiger partial charge is 0.370 e. The Morgan fingerprint density at radius 3 is 2.80 bits per heavy atom. The van der Waals surface area contributed by atoms with Crippen molar-refractivity contribution in [3.8, 4) is 0 Å². The molecule has 0 aromatic heterocycles. The normalized spacial score (nSPS) is 24.2. The molecule has 2 heterocycles. The summed E-state index contributed by atoms with van der Waals surface area (Å²) in [4.78, 5) is 5.41. The van der Waals surface area contributed by atoms with E-state index in [9.17, 15) is 0 Å². The first kappa shape index (κ1) is 13.9. The van der Waals surface area contributed by atoms with Gasteiger partial charge in [0.25, 0.3) is 0 Å². The molecule has 1 aromatic rings. The molecule has 2 aliphatic rings. The zero-order valence-electron chi connectivity index (χ0n) is 12.9. The van der Waals surface area contributed by atoms with E-state index in [4.69, 9.17) is 0 Å². The Hall–Kier alpha value is -1.02. The molecule has 0 amide bonds. The maximum Gasteiger partial charge on any atom is 0.0399 e. The van der Waals surface area contributed by atoms with Crippen molar-refractivity contribution in [2.45, 2.75) is 51.5 Å². The third kappa shape index (κ3) is 3.01. The van der Waals surface area contributed by atoms with Crippen LogP contribution in [0.1, 0.15) is 44.6 Å². The molecule has 0 N–H and O–H groups in total. The summed E-state index contributed by atoms with van der Waals surface area (Å²) in [5.41, 5.74) is 3.04. The van der Waals surface area contributed by atoms with Gasteiger partial charge in [0, 0.05) is 31.4 Å². The topological polar surface area (TPSA) is 6.48 Å². The van der Waals surface area contributed by atoms with E-state index in [-0.39, 0.29) is 0 Å². The van der Waals surface area contributed by atoms with E-state index in [1.54, 1.807) is 5.56 Å². The summed E-state index contributed by atoms with van der Waals surface area (Å²) in [5, 5.41) is 0. The van der Waals surface area contributed by atoms with Crippen molar-refractivity contribution in [3.63, 3.8) is 0 Å². The Kier molecular flexibility index (Phi) is 4.62. The average Bonchev–Trinajstić information content (AvgIpc) is 2.70. The minimum Gasteiger partial charge on any atom is -0.370 e. The van der Waals surface area contributed by atoms with Gasteiger partial charge in [-0.3, -0.25) is 4.90 Å². The molecule has 1 aromatic carbocycles. The number of piperidine rings is 1. The molecule has 0 spiro atoms. The number of hydrogen-bond acceptors (Lipinski definition) is 2. The number of hydrogen-bond donors (Lipinski definition) is 0. The van der Waals surface area contributed by atoms with Gasteiger partial charge in [-0.15, -0.1) is 0 Å². The minimum atomic E-state index is 0.793. The van der Waals surface area contributed by atoms with Gasteiger partial charge in [-0.2, -0.15) is 0 Å². The van der Waals surface area contributed by atoms with Gasteiger partial charge in [-0.05, 0) is 43.9 Å². The Bertz CT molecular complexity index is 429. The lowest BCUT2D eigenvalue weighted by Gasteiger charge is -2.36.